The summed E-state index contributed by atoms with van der Waals surface area (Å²) in [6, 6.07) is 59.3. The molecule has 105 heavy (non-hydrogen) atoms. The number of carbonyl (C=O) groups excluding carboxylic acids is 10. The monoisotopic (exact) mass is 1450 g/mol. The van der Waals surface area contributed by atoms with Gasteiger partial charge in [0.05, 0.1) is 52.8 Å². The summed E-state index contributed by atoms with van der Waals surface area (Å²) >= 11 is 5.99. The standard InChI is InChI=1S/C25H23N3O4.C19H23N3O5.C17H18ClN3O3.C16H17N3O3/c29-22(15-18-7-3-1-4-8-18)16-26-24(31)20-13-11-19(12-14-20)23(30)17-27-25(32)28-21-9-5-2-6-10-21;1-12(2)27-16-10-9-13(11-17(16)26-4)18(23)21-22-19(24)20-14-7-5-6-8-15(14)25-3;1-3-24-14-8-5-12(6-9-14)16(22)20-21-17(23)19-13-7-4-11(2)15(18)10-13;1-11-3-7-13(8-4-11)17-16(21)19-18-15(20)12-5-9-14(22-2)10-6-12/h1-14H,15-17H2,(H,26,31)(H2,27,28,32);5-12H,1-4H3,(H,21,23)(H2,20,22,24);4-10H,3H2,1-2H3,(H,20,22)(H2,19,21,23);3-10H,1-2H3,(H,18,20)(H2,17,19,21). The van der Waals surface area contributed by atoms with Crippen LogP contribution in [0, 0.1) is 13.8 Å². The largest absolute Gasteiger partial charge is 0.497 e. The van der Waals surface area contributed by atoms with E-state index < -0.39 is 47.8 Å². The molecule has 0 atom stereocenters. The van der Waals surface area contributed by atoms with E-state index in [1.54, 1.807) is 147 Å². The molecule has 0 aromatic heterocycles. The molecule has 12 N–H and O–H groups in total. The summed E-state index contributed by atoms with van der Waals surface area (Å²) in [6.45, 7) is 9.78. The molecular weight excluding hydrogens is 1370 g/mol. The Kier molecular flexibility index (Phi) is 32.7. The quantitative estimate of drug-likeness (QED) is 0.0222. The lowest BCUT2D eigenvalue weighted by atomic mass is 10.1. The van der Waals surface area contributed by atoms with Gasteiger partial charge in [0, 0.05) is 56.3 Å². The van der Waals surface area contributed by atoms with Crippen molar-refractivity contribution in [3.63, 3.8) is 0 Å². The number of Topliss-reactive ketones (excluding diaryl/α,β-unsaturated/α-hetero) is 2. The van der Waals surface area contributed by atoms with Gasteiger partial charge in [-0.3, -0.25) is 45.0 Å². The number of benzene rings is 9. The van der Waals surface area contributed by atoms with Crippen LogP contribution in [0.5, 0.6) is 28.7 Å². The number of ether oxygens (including phenoxy) is 5. The predicted molar refractivity (Wildman–Crippen MR) is 400 cm³/mol. The van der Waals surface area contributed by atoms with Crippen LogP contribution in [-0.2, 0) is 11.2 Å². The van der Waals surface area contributed by atoms with Crippen molar-refractivity contribution in [1.82, 2.24) is 43.2 Å². The molecule has 0 heterocycles. The Hall–Kier alpha value is -13.4. The second-order valence-corrected chi connectivity index (χ2v) is 22.8. The first-order chi connectivity index (χ1) is 50.5. The fourth-order valence-electron chi connectivity index (χ4n) is 8.80. The predicted octanol–water partition coefficient (Wildman–Crippen LogP) is 12.2. The molecule has 9 aromatic rings. The zero-order valence-corrected chi connectivity index (χ0v) is 59.4. The molecule has 0 radical (unpaired) electrons. The molecule has 0 saturated heterocycles. The number of hydrogen-bond acceptors (Lipinski definition) is 15. The molecule has 0 unspecified atom stereocenters. The topological polar surface area (TPSA) is 361 Å². The first kappa shape index (κ1) is 80.5. The molecule has 12 amide bonds. The highest BCUT2D eigenvalue weighted by Gasteiger charge is 2.17. The van der Waals surface area contributed by atoms with Gasteiger partial charge in [0.15, 0.2) is 23.1 Å². The van der Waals surface area contributed by atoms with Gasteiger partial charge < -0.3 is 55.6 Å². The number of hydrazine groups is 3. The second kappa shape index (κ2) is 42.6. The van der Waals surface area contributed by atoms with Crippen molar-refractivity contribution < 1.29 is 71.6 Å². The second-order valence-electron chi connectivity index (χ2n) is 22.4. The van der Waals surface area contributed by atoms with Gasteiger partial charge in [0.25, 0.3) is 23.6 Å². The van der Waals surface area contributed by atoms with Crippen molar-refractivity contribution in [2.75, 3.05) is 62.3 Å². The first-order valence-electron chi connectivity index (χ1n) is 32.4. The van der Waals surface area contributed by atoms with E-state index in [2.05, 4.69) is 64.5 Å². The lowest BCUT2D eigenvalue weighted by Gasteiger charge is -2.15. The Bertz CT molecular complexity index is 4300. The number of methoxy groups -OCH3 is 3. The highest BCUT2D eigenvalue weighted by molar-refractivity contribution is 6.31. The average molecular weight is 1450 g/mol. The number of nitrogens with one attached hydrogen (secondary N) is 12. The molecule has 0 fully saturated rings. The number of carbonyl (C=O) groups is 10. The van der Waals surface area contributed by atoms with Crippen LogP contribution >= 0.6 is 11.6 Å². The lowest BCUT2D eigenvalue weighted by molar-refractivity contribution is -0.117. The number of hydrogen-bond donors (Lipinski definition) is 12. The van der Waals surface area contributed by atoms with Gasteiger partial charge in [-0.1, -0.05) is 108 Å². The van der Waals surface area contributed by atoms with Gasteiger partial charge in [-0.05, 0) is 173 Å². The fraction of sp³-hybridized carbons (Fsp3) is 0.169. The Morgan fingerprint density at radius 2 is 0.876 bits per heavy atom. The van der Waals surface area contributed by atoms with E-state index in [4.69, 9.17) is 35.3 Å². The van der Waals surface area contributed by atoms with E-state index in [-0.39, 0.29) is 37.2 Å². The molecule has 0 aliphatic rings. The summed E-state index contributed by atoms with van der Waals surface area (Å²) in [5.74, 6) is 0.652. The maximum Gasteiger partial charge on any atom is 0.338 e. The number of ketones is 2. The van der Waals surface area contributed by atoms with Crippen LogP contribution in [0.3, 0.4) is 0 Å². The Labute approximate surface area is 611 Å². The van der Waals surface area contributed by atoms with Crippen LogP contribution in [0.15, 0.2) is 218 Å². The first-order valence-corrected chi connectivity index (χ1v) is 32.8. The van der Waals surface area contributed by atoms with E-state index in [1.807, 2.05) is 83.1 Å². The smallest absolute Gasteiger partial charge is 0.338 e. The van der Waals surface area contributed by atoms with Crippen LogP contribution in [0.4, 0.5) is 41.9 Å². The van der Waals surface area contributed by atoms with Crippen molar-refractivity contribution >= 4 is 93.7 Å². The van der Waals surface area contributed by atoms with Crippen LogP contribution < -0.4 is 88.1 Å². The van der Waals surface area contributed by atoms with Crippen molar-refractivity contribution in [2.45, 2.75) is 47.1 Å². The van der Waals surface area contributed by atoms with E-state index in [0.717, 1.165) is 16.7 Å². The van der Waals surface area contributed by atoms with E-state index >= 15 is 0 Å². The molecule has 0 aliphatic carbocycles. The van der Waals surface area contributed by atoms with Crippen LogP contribution in [0.2, 0.25) is 5.02 Å². The summed E-state index contributed by atoms with van der Waals surface area (Å²) in [5.41, 5.74) is 20.8. The molecule has 9 rings (SSSR count). The van der Waals surface area contributed by atoms with Gasteiger partial charge in [0.1, 0.15) is 17.2 Å². The molecule has 0 spiro atoms. The molecule has 28 heteroatoms. The summed E-state index contributed by atoms with van der Waals surface area (Å²) in [6.07, 6.45) is 0.221. The summed E-state index contributed by atoms with van der Waals surface area (Å²) in [4.78, 5) is 120. The number of aryl methyl sites for hydroxylation is 2. The number of anilines is 4. The van der Waals surface area contributed by atoms with Gasteiger partial charge in [-0.2, -0.15) is 0 Å². The van der Waals surface area contributed by atoms with Gasteiger partial charge in [-0.25, -0.2) is 35.5 Å². The molecule has 546 valence electrons. The zero-order chi connectivity index (χ0) is 76.0. The number of para-hydroxylation sites is 3. The van der Waals surface area contributed by atoms with Crippen LogP contribution in [-0.4, -0.2) is 106 Å². The van der Waals surface area contributed by atoms with Gasteiger partial charge in [0.2, 0.25) is 0 Å². The van der Waals surface area contributed by atoms with E-state index in [9.17, 15) is 47.9 Å². The minimum atomic E-state index is -0.612. The average Bonchev–Trinajstić information content (AvgIpc) is 0.815. The molecule has 0 aliphatic heterocycles. The van der Waals surface area contributed by atoms with Crippen molar-refractivity contribution in [2.24, 2.45) is 0 Å². The highest BCUT2D eigenvalue weighted by Crippen LogP contribution is 2.29. The maximum absolute atomic E-state index is 12.3. The molecule has 0 bridgehead atoms. The third-order valence-electron chi connectivity index (χ3n) is 14.1. The normalized spacial score (nSPS) is 10.0. The van der Waals surface area contributed by atoms with Crippen molar-refractivity contribution in [1.29, 1.82) is 0 Å². The van der Waals surface area contributed by atoms with Gasteiger partial charge >= 0.3 is 24.1 Å². The Morgan fingerprint density at radius 3 is 1.44 bits per heavy atom. The van der Waals surface area contributed by atoms with Crippen molar-refractivity contribution in [3.8, 4) is 28.7 Å². The van der Waals surface area contributed by atoms with Crippen LogP contribution in [0.1, 0.15) is 89.3 Å². The maximum atomic E-state index is 12.3. The SMILES string of the molecule is CCOc1ccc(C(=O)NNC(=O)Nc2ccc(C)c(Cl)c2)cc1.COc1ccc(C(=O)NNC(=O)Nc2ccc(C)cc2)cc1.COc1ccccc1NC(=O)NNC(=O)c1ccc(OC(C)C)c(OC)c1.O=C(CNC(=O)c1ccc(C(=O)CNC(=O)Nc2ccccc2)cc1)Cc1ccccc1. The summed E-state index contributed by atoms with van der Waals surface area (Å²) < 4.78 is 26.3. The van der Waals surface area contributed by atoms with E-state index in [1.165, 1.54) is 44.6 Å². The third-order valence-corrected chi connectivity index (χ3v) is 14.5. The van der Waals surface area contributed by atoms with E-state index in [0.29, 0.717) is 90.9 Å². The summed E-state index contributed by atoms with van der Waals surface area (Å²) in [7, 11) is 4.54. The minimum Gasteiger partial charge on any atom is -0.497 e. The van der Waals surface area contributed by atoms with Crippen LogP contribution in [0.25, 0.3) is 0 Å². The molecule has 9 aromatic carbocycles. The number of halogens is 1. The minimum absolute atomic E-state index is 0.0288. The fourth-order valence-corrected chi connectivity index (χ4v) is 8.98. The number of urea groups is 4. The number of rotatable bonds is 22. The van der Waals surface area contributed by atoms with Crippen molar-refractivity contribution in [3.05, 3.63) is 268 Å². The molecule has 27 nitrogen and oxygen atoms in total. The third kappa shape index (κ3) is 28.6. The Balaban J connectivity index is 0.000000222. The highest BCUT2D eigenvalue weighted by atomic mass is 35.5. The lowest BCUT2D eigenvalue weighted by Crippen LogP contribution is -2.43. The summed E-state index contributed by atoms with van der Waals surface area (Å²) in [5, 5.41) is 16.0. The van der Waals surface area contributed by atoms with Gasteiger partial charge in [-0.15, -0.1) is 0 Å². The molecular formula is C77H81ClN12O15. The number of amides is 12. The zero-order valence-electron chi connectivity index (χ0n) is 58.7. The Morgan fingerprint density at radius 1 is 0.400 bits per heavy atom. The molecule has 0 saturated carbocycles.